The number of ether oxygens (including phenoxy) is 1. The smallest absolute Gasteiger partial charge is 0.290 e. The minimum atomic E-state index is -3.67. The van der Waals surface area contributed by atoms with Crippen LogP contribution < -0.4 is 9.04 Å². The number of carboxylic acid groups (broad SMARTS) is 1. The lowest BCUT2D eigenvalue weighted by Gasteiger charge is -2.29. The van der Waals surface area contributed by atoms with Gasteiger partial charge in [-0.2, -0.15) is 0 Å². The highest BCUT2D eigenvalue weighted by molar-refractivity contribution is 7.92. The van der Waals surface area contributed by atoms with Gasteiger partial charge in [-0.3, -0.25) is 9.10 Å². The summed E-state index contributed by atoms with van der Waals surface area (Å²) in [6.07, 6.45) is 2.28. The van der Waals surface area contributed by atoms with E-state index in [2.05, 4.69) is 11.9 Å². The SMILES string of the molecule is Cc1ccc(N(CC(C)C)S(=O)(=O)c2ccc(OCC3CCN(C)CC3)cc2)c(C)c1.O=CO. The molecule has 1 aliphatic rings. The fraction of sp³-hybridized carbons (Fsp3) is 0.500. The van der Waals surface area contributed by atoms with Gasteiger partial charge < -0.3 is 14.7 Å². The highest BCUT2D eigenvalue weighted by Crippen LogP contribution is 2.29. The Bertz CT molecular complexity index is 1010. The van der Waals surface area contributed by atoms with Gasteiger partial charge in [0.25, 0.3) is 16.5 Å². The van der Waals surface area contributed by atoms with Crippen molar-refractivity contribution in [3.05, 3.63) is 53.6 Å². The highest BCUT2D eigenvalue weighted by atomic mass is 32.2. The van der Waals surface area contributed by atoms with Crippen molar-refractivity contribution in [2.24, 2.45) is 11.8 Å². The van der Waals surface area contributed by atoms with Crippen molar-refractivity contribution in [3.63, 3.8) is 0 Å². The zero-order valence-electron chi connectivity index (χ0n) is 20.9. The first kappa shape index (κ1) is 27.7. The average Bonchev–Trinajstić information content (AvgIpc) is 2.78. The molecule has 7 nitrogen and oxygen atoms in total. The number of hydrogen-bond donors (Lipinski definition) is 1. The zero-order chi connectivity index (χ0) is 25.3. The van der Waals surface area contributed by atoms with Crippen molar-refractivity contribution < 1.29 is 23.1 Å². The van der Waals surface area contributed by atoms with E-state index in [9.17, 15) is 8.42 Å². The minimum Gasteiger partial charge on any atom is -0.493 e. The third-order valence-electron chi connectivity index (χ3n) is 5.89. The third-order valence-corrected chi connectivity index (χ3v) is 7.68. The second-order valence-corrected chi connectivity index (χ2v) is 11.2. The van der Waals surface area contributed by atoms with Gasteiger partial charge in [0.1, 0.15) is 5.75 Å². The van der Waals surface area contributed by atoms with E-state index in [1.54, 1.807) is 28.6 Å². The lowest BCUT2D eigenvalue weighted by molar-refractivity contribution is -0.122. The zero-order valence-corrected chi connectivity index (χ0v) is 21.7. The first-order chi connectivity index (χ1) is 16.1. The van der Waals surface area contributed by atoms with Crippen LogP contribution in [0.2, 0.25) is 0 Å². The fourth-order valence-corrected chi connectivity index (χ4v) is 5.71. The van der Waals surface area contributed by atoms with E-state index in [0.29, 0.717) is 24.0 Å². The Hall–Kier alpha value is -2.58. The first-order valence-corrected chi connectivity index (χ1v) is 13.1. The van der Waals surface area contributed by atoms with Crippen LogP contribution in [0.5, 0.6) is 5.75 Å². The second kappa shape index (κ2) is 12.8. The molecule has 1 fully saturated rings. The molecule has 0 aromatic heterocycles. The minimum absolute atomic E-state index is 0.202. The number of sulfonamides is 1. The van der Waals surface area contributed by atoms with Crippen LogP contribution in [0.1, 0.15) is 37.8 Å². The number of rotatable bonds is 8. The largest absolute Gasteiger partial charge is 0.493 e. The Morgan fingerprint density at radius 2 is 1.71 bits per heavy atom. The summed E-state index contributed by atoms with van der Waals surface area (Å²) in [5.41, 5.74) is 2.82. The molecule has 1 saturated heterocycles. The summed E-state index contributed by atoms with van der Waals surface area (Å²) < 4.78 is 34.6. The maximum atomic E-state index is 13.5. The van der Waals surface area contributed by atoms with Crippen LogP contribution >= 0.6 is 0 Å². The van der Waals surface area contributed by atoms with Crippen LogP contribution in [-0.2, 0) is 14.8 Å². The van der Waals surface area contributed by atoms with Gasteiger partial charge >= 0.3 is 0 Å². The summed E-state index contributed by atoms with van der Waals surface area (Å²) in [5.74, 6) is 1.48. The van der Waals surface area contributed by atoms with Crippen molar-refractivity contribution in [1.82, 2.24) is 4.90 Å². The van der Waals surface area contributed by atoms with Crippen molar-refractivity contribution in [2.45, 2.75) is 45.4 Å². The Kier molecular flexibility index (Phi) is 10.4. The third kappa shape index (κ3) is 7.74. The maximum Gasteiger partial charge on any atom is 0.290 e. The fourth-order valence-electron chi connectivity index (χ4n) is 4.02. The Balaban J connectivity index is 0.00000129. The quantitative estimate of drug-likeness (QED) is 0.545. The molecule has 0 bridgehead atoms. The molecule has 1 aliphatic heterocycles. The van der Waals surface area contributed by atoms with Gasteiger partial charge in [0, 0.05) is 6.54 Å². The van der Waals surface area contributed by atoms with Crippen LogP contribution in [0, 0.1) is 25.7 Å². The average molecular weight is 491 g/mol. The number of aryl methyl sites for hydroxylation is 2. The van der Waals surface area contributed by atoms with Gasteiger partial charge in [0.05, 0.1) is 17.2 Å². The molecule has 0 spiro atoms. The lowest BCUT2D eigenvalue weighted by Crippen LogP contribution is -2.34. The van der Waals surface area contributed by atoms with Crippen molar-refractivity contribution in [1.29, 1.82) is 0 Å². The van der Waals surface area contributed by atoms with Gasteiger partial charge in [-0.15, -0.1) is 0 Å². The van der Waals surface area contributed by atoms with Gasteiger partial charge in [-0.25, -0.2) is 8.42 Å². The standard InChI is InChI=1S/C25H36N2O3S.CH2O2/c1-19(2)17-27(25-11-6-20(3)16-21(25)4)31(28,29)24-9-7-23(8-10-24)30-18-22-12-14-26(5)15-13-22;2-1-3/h6-11,16,19,22H,12-15,17-18H2,1-5H3;1H,(H,2,3). The molecule has 0 amide bonds. The van der Waals surface area contributed by atoms with Crippen LogP contribution in [0.4, 0.5) is 5.69 Å². The second-order valence-electron chi connectivity index (χ2n) is 9.35. The molecule has 8 heteroatoms. The van der Waals surface area contributed by atoms with Crippen LogP contribution in [0.25, 0.3) is 0 Å². The van der Waals surface area contributed by atoms with E-state index < -0.39 is 10.0 Å². The van der Waals surface area contributed by atoms with E-state index >= 15 is 0 Å². The number of carbonyl (C=O) groups is 1. The van der Waals surface area contributed by atoms with Crippen molar-refractivity contribution in [2.75, 3.05) is 37.6 Å². The normalized spacial score (nSPS) is 14.9. The number of anilines is 1. The van der Waals surface area contributed by atoms with Crippen molar-refractivity contribution >= 4 is 22.2 Å². The predicted octanol–water partition coefficient (Wildman–Crippen LogP) is 4.58. The molecule has 0 unspecified atom stereocenters. The molecular formula is C26H38N2O5S. The molecule has 0 saturated carbocycles. The van der Waals surface area contributed by atoms with E-state index in [-0.39, 0.29) is 12.4 Å². The van der Waals surface area contributed by atoms with E-state index in [0.717, 1.165) is 48.5 Å². The monoisotopic (exact) mass is 490 g/mol. The van der Waals surface area contributed by atoms with Crippen molar-refractivity contribution in [3.8, 4) is 5.75 Å². The summed E-state index contributed by atoms with van der Waals surface area (Å²) in [6, 6.07) is 12.8. The molecule has 0 aliphatic carbocycles. The number of hydrogen-bond acceptors (Lipinski definition) is 5. The van der Waals surface area contributed by atoms with Crippen LogP contribution in [-0.4, -0.2) is 58.2 Å². The molecule has 2 aromatic rings. The number of nitrogens with zero attached hydrogens (tertiary/aromatic N) is 2. The maximum absolute atomic E-state index is 13.5. The molecule has 2 aromatic carbocycles. The van der Waals surface area contributed by atoms with Crippen LogP contribution in [0.3, 0.4) is 0 Å². The summed E-state index contributed by atoms with van der Waals surface area (Å²) >= 11 is 0. The molecule has 0 atom stereocenters. The van der Waals surface area contributed by atoms with E-state index in [4.69, 9.17) is 14.6 Å². The lowest BCUT2D eigenvalue weighted by atomic mass is 9.98. The highest BCUT2D eigenvalue weighted by Gasteiger charge is 2.27. The molecule has 3 rings (SSSR count). The van der Waals surface area contributed by atoms with E-state index in [1.165, 1.54) is 0 Å². The molecular weight excluding hydrogens is 452 g/mol. The first-order valence-electron chi connectivity index (χ1n) is 11.7. The Morgan fingerprint density at radius 3 is 2.24 bits per heavy atom. The summed E-state index contributed by atoms with van der Waals surface area (Å²) in [4.78, 5) is 11.0. The summed E-state index contributed by atoms with van der Waals surface area (Å²) in [5, 5.41) is 6.89. The molecule has 34 heavy (non-hydrogen) atoms. The topological polar surface area (TPSA) is 87.2 Å². The molecule has 1 heterocycles. The Morgan fingerprint density at radius 1 is 1.12 bits per heavy atom. The number of likely N-dealkylation sites (tertiary alicyclic amines) is 1. The van der Waals surface area contributed by atoms with Gasteiger partial charge in [-0.05, 0) is 94.6 Å². The van der Waals surface area contributed by atoms with E-state index in [1.807, 2.05) is 45.9 Å². The number of benzene rings is 2. The summed E-state index contributed by atoms with van der Waals surface area (Å²) in [6.45, 7) is 11.1. The van der Waals surface area contributed by atoms with Gasteiger partial charge in [0.2, 0.25) is 0 Å². The van der Waals surface area contributed by atoms with Gasteiger partial charge in [0.15, 0.2) is 0 Å². The van der Waals surface area contributed by atoms with Gasteiger partial charge in [-0.1, -0.05) is 31.5 Å². The molecule has 0 radical (unpaired) electrons. The molecule has 1 N–H and O–H groups in total. The summed E-state index contributed by atoms with van der Waals surface area (Å²) in [7, 11) is -1.52. The Labute approximate surface area is 204 Å². The predicted molar refractivity (Wildman–Crippen MR) is 136 cm³/mol. The molecule has 188 valence electrons. The van der Waals surface area contributed by atoms with Crippen LogP contribution in [0.15, 0.2) is 47.4 Å². The number of piperidine rings is 1.